The van der Waals surface area contributed by atoms with Crippen molar-refractivity contribution in [2.45, 2.75) is 20.5 Å². The first kappa shape index (κ1) is 22.0. The Kier molecular flexibility index (Phi) is 7.35. The summed E-state index contributed by atoms with van der Waals surface area (Å²) in [6.45, 7) is 4.54. The summed E-state index contributed by atoms with van der Waals surface area (Å²) >= 11 is 0. The van der Waals surface area contributed by atoms with Gasteiger partial charge in [-0.3, -0.25) is 4.79 Å². The van der Waals surface area contributed by atoms with Crippen molar-refractivity contribution in [1.82, 2.24) is 5.48 Å². The van der Waals surface area contributed by atoms with Gasteiger partial charge in [0.2, 0.25) is 11.7 Å². The minimum absolute atomic E-state index is 0.254. The Labute approximate surface area is 180 Å². The van der Waals surface area contributed by atoms with Crippen LogP contribution in [0.15, 0.2) is 64.8 Å². The number of furan rings is 1. The predicted molar refractivity (Wildman–Crippen MR) is 119 cm³/mol. The second kappa shape index (κ2) is 10.4. The lowest BCUT2D eigenvalue weighted by atomic mass is 10.1. The normalized spacial score (nSPS) is 10.8. The number of hydrogen-bond donors (Lipinski definition) is 1. The highest BCUT2D eigenvalue weighted by molar-refractivity contribution is 5.95. The molecule has 0 atom stereocenters. The summed E-state index contributed by atoms with van der Waals surface area (Å²) in [4.78, 5) is 11.5. The molecule has 0 aliphatic heterocycles. The molecule has 2 aromatic carbocycles. The molecule has 162 valence electrons. The molecule has 0 bridgehead atoms. The van der Waals surface area contributed by atoms with Crippen LogP contribution in [-0.2, 0) is 11.4 Å². The summed E-state index contributed by atoms with van der Waals surface area (Å²) in [6, 6.07) is 11.1. The van der Waals surface area contributed by atoms with E-state index in [4.69, 9.17) is 18.6 Å². The molecule has 0 aliphatic carbocycles. The van der Waals surface area contributed by atoms with Crippen molar-refractivity contribution in [1.29, 1.82) is 0 Å². The fourth-order valence-electron chi connectivity index (χ4n) is 2.86. The molecule has 0 aliphatic rings. The molecular formula is C24H24NO6-. The van der Waals surface area contributed by atoms with Crippen LogP contribution >= 0.6 is 0 Å². The van der Waals surface area contributed by atoms with E-state index in [1.165, 1.54) is 11.6 Å². The number of rotatable bonds is 9. The highest BCUT2D eigenvalue weighted by Crippen LogP contribution is 2.41. The van der Waals surface area contributed by atoms with Gasteiger partial charge in [0.05, 0.1) is 13.4 Å². The number of carbonyl (C=O) groups excluding carboxylic acids is 1. The van der Waals surface area contributed by atoms with Gasteiger partial charge in [-0.25, -0.2) is 0 Å². The number of benzene rings is 2. The van der Waals surface area contributed by atoms with E-state index in [0.29, 0.717) is 29.3 Å². The molecule has 0 fully saturated rings. The first-order valence-electron chi connectivity index (χ1n) is 9.68. The lowest BCUT2D eigenvalue weighted by Gasteiger charge is -2.16. The van der Waals surface area contributed by atoms with E-state index >= 15 is 0 Å². The summed E-state index contributed by atoms with van der Waals surface area (Å²) < 4.78 is 23.0. The summed E-state index contributed by atoms with van der Waals surface area (Å²) in [7, 11) is 1.61. The molecule has 0 radical (unpaired) electrons. The number of nitrogens with one attached hydrogen (secondary N) is 1. The lowest BCUT2D eigenvalue weighted by molar-refractivity contribution is -0.115. The number of carbonyl (C=O) groups is 1. The van der Waals surface area contributed by atoms with Gasteiger partial charge in [0.1, 0.15) is 19.0 Å². The Bertz CT molecular complexity index is 1090. The lowest BCUT2D eigenvalue weighted by Crippen LogP contribution is -2.11. The Hall–Kier alpha value is -3.71. The molecule has 1 heterocycles. The molecule has 3 rings (SSSR count). The average Bonchev–Trinajstić information content (AvgIpc) is 3.25. The van der Waals surface area contributed by atoms with Gasteiger partial charge in [-0.2, -0.15) is 0 Å². The zero-order chi connectivity index (χ0) is 22.2. The number of hydrogen-bond acceptors (Lipinski definition) is 6. The first-order chi connectivity index (χ1) is 15.0. The minimum atomic E-state index is -0.764. The third-order valence-corrected chi connectivity index (χ3v) is 4.46. The Morgan fingerprint density at radius 2 is 1.90 bits per heavy atom. The molecule has 7 nitrogen and oxygen atoms in total. The number of allylic oxidation sites excluding steroid dienone is 1. The van der Waals surface area contributed by atoms with Gasteiger partial charge in [-0.1, -0.05) is 17.7 Å². The zero-order valence-electron chi connectivity index (χ0n) is 17.6. The average molecular weight is 422 g/mol. The summed E-state index contributed by atoms with van der Waals surface area (Å²) in [5.74, 6) is 0.824. The fraction of sp³-hybridized carbons (Fsp3) is 0.208. The van der Waals surface area contributed by atoms with Gasteiger partial charge < -0.3 is 29.3 Å². The maximum atomic E-state index is 11.5. The largest absolute Gasteiger partial charge is 0.759 e. The van der Waals surface area contributed by atoms with E-state index < -0.39 is 5.91 Å². The monoisotopic (exact) mass is 422 g/mol. The third kappa shape index (κ3) is 5.67. The second-order valence-corrected chi connectivity index (χ2v) is 6.99. The summed E-state index contributed by atoms with van der Waals surface area (Å²) in [5, 5.41) is 11.4. The van der Waals surface area contributed by atoms with Gasteiger partial charge in [0.25, 0.3) is 0 Å². The summed E-state index contributed by atoms with van der Waals surface area (Å²) in [6.07, 6.45) is 6.16. The quantitative estimate of drug-likeness (QED) is 0.297. The van der Waals surface area contributed by atoms with Crippen LogP contribution in [0.5, 0.6) is 17.2 Å². The van der Waals surface area contributed by atoms with Crippen molar-refractivity contribution in [3.8, 4) is 17.2 Å². The van der Waals surface area contributed by atoms with Crippen LogP contribution in [0.3, 0.4) is 0 Å². The van der Waals surface area contributed by atoms with Gasteiger partial charge in [-0.05, 0) is 55.8 Å². The van der Waals surface area contributed by atoms with Gasteiger partial charge in [-0.15, -0.1) is 0 Å². The smallest absolute Gasteiger partial charge is 0.233 e. The molecule has 1 aromatic heterocycles. The van der Waals surface area contributed by atoms with Crippen molar-refractivity contribution in [3.63, 3.8) is 0 Å². The van der Waals surface area contributed by atoms with Crippen LogP contribution in [0.4, 0.5) is 0 Å². The highest BCUT2D eigenvalue weighted by atomic mass is 16.5. The van der Waals surface area contributed by atoms with Crippen LogP contribution in [-0.4, -0.2) is 19.6 Å². The number of amides is 1. The minimum Gasteiger partial charge on any atom is -0.759 e. The molecule has 3 aromatic rings. The van der Waals surface area contributed by atoms with Crippen molar-refractivity contribution in [2.24, 2.45) is 0 Å². The molecular weight excluding hydrogens is 398 g/mol. The Morgan fingerprint density at radius 1 is 1.13 bits per heavy atom. The molecule has 0 spiro atoms. The van der Waals surface area contributed by atoms with E-state index in [0.717, 1.165) is 28.3 Å². The first-order valence-corrected chi connectivity index (χ1v) is 9.68. The van der Waals surface area contributed by atoms with Gasteiger partial charge in [0.15, 0.2) is 11.3 Å². The maximum Gasteiger partial charge on any atom is 0.233 e. The SMILES string of the molecule is COc1ccc(COc2c(/C=C/C(=O)N[O-])cc3ccoc3c2OCC=C(C)C)cc1. The third-order valence-electron chi connectivity index (χ3n) is 4.46. The van der Waals surface area contributed by atoms with Crippen LogP contribution in [0.2, 0.25) is 0 Å². The molecule has 0 unspecified atom stereocenters. The van der Waals surface area contributed by atoms with Crippen LogP contribution in [0.1, 0.15) is 25.0 Å². The molecule has 1 N–H and O–H groups in total. The highest BCUT2D eigenvalue weighted by Gasteiger charge is 2.18. The molecule has 0 saturated heterocycles. The molecule has 31 heavy (non-hydrogen) atoms. The number of hydroxylamine groups is 1. The van der Waals surface area contributed by atoms with E-state index in [2.05, 4.69) is 0 Å². The van der Waals surface area contributed by atoms with Crippen molar-refractivity contribution < 1.29 is 23.4 Å². The Balaban J connectivity index is 2.00. The van der Waals surface area contributed by atoms with Crippen LogP contribution in [0, 0.1) is 5.21 Å². The number of methoxy groups -OCH3 is 1. The molecule has 7 heteroatoms. The number of ether oxygens (including phenoxy) is 3. The van der Waals surface area contributed by atoms with E-state index in [1.54, 1.807) is 19.4 Å². The van der Waals surface area contributed by atoms with E-state index in [9.17, 15) is 10.0 Å². The van der Waals surface area contributed by atoms with Crippen LogP contribution < -0.4 is 19.7 Å². The maximum absolute atomic E-state index is 11.5. The molecule has 0 saturated carbocycles. The predicted octanol–water partition coefficient (Wildman–Crippen LogP) is 4.99. The Morgan fingerprint density at radius 3 is 2.58 bits per heavy atom. The zero-order valence-corrected chi connectivity index (χ0v) is 17.6. The summed E-state index contributed by atoms with van der Waals surface area (Å²) in [5.41, 5.74) is 4.48. The van der Waals surface area contributed by atoms with Crippen molar-refractivity contribution >= 4 is 23.0 Å². The van der Waals surface area contributed by atoms with Gasteiger partial charge >= 0.3 is 0 Å². The van der Waals surface area contributed by atoms with Crippen molar-refractivity contribution in [3.05, 3.63) is 76.7 Å². The fourth-order valence-corrected chi connectivity index (χ4v) is 2.86. The molecule has 1 amide bonds. The van der Waals surface area contributed by atoms with Crippen LogP contribution in [0.25, 0.3) is 17.0 Å². The van der Waals surface area contributed by atoms with Gasteiger partial charge in [0, 0.05) is 17.0 Å². The van der Waals surface area contributed by atoms with Crippen molar-refractivity contribution in [2.75, 3.05) is 13.7 Å². The second-order valence-electron chi connectivity index (χ2n) is 6.99. The van der Waals surface area contributed by atoms with E-state index in [1.807, 2.05) is 50.3 Å². The topological polar surface area (TPSA) is 93.0 Å². The number of fused-ring (bicyclic) bond motifs is 1. The van der Waals surface area contributed by atoms with E-state index in [-0.39, 0.29) is 6.61 Å². The standard InChI is InChI=1S/C24H24NO6/c1-16(2)10-12-30-24-22-19(11-13-29-22)14-18(6-9-21(26)25-27)23(24)31-15-17-4-7-20(28-3)8-5-17/h4-11,13-14H,12,15H2,1-3H3,(H-,25,26,27)/q-1/b9-6+.